The molecule has 0 aliphatic rings. The van der Waals surface area contributed by atoms with E-state index in [4.69, 9.17) is 0 Å². The maximum absolute atomic E-state index is 13.1. The smallest absolute Gasteiger partial charge is 0.326 e. The Morgan fingerprint density at radius 3 is 1.91 bits per heavy atom. The molecule has 7 heteroatoms. The molecule has 0 saturated heterocycles. The van der Waals surface area contributed by atoms with Crippen molar-refractivity contribution in [2.75, 3.05) is 0 Å². The van der Waals surface area contributed by atoms with Gasteiger partial charge in [-0.3, -0.25) is 9.59 Å². The number of aliphatic carboxylic acids is 1. The maximum atomic E-state index is 13.1. The first-order valence-corrected chi connectivity index (χ1v) is 11.1. The highest BCUT2D eigenvalue weighted by molar-refractivity contribution is 5.91. The molecule has 2 atom stereocenters. The first kappa shape index (κ1) is 24.6. The normalized spacial score (nSPS) is 12.4. The Labute approximate surface area is 197 Å². The lowest BCUT2D eigenvalue weighted by atomic mass is 10.0. The quantitative estimate of drug-likeness (QED) is 0.408. The molecule has 0 radical (unpaired) electrons. The number of aryl methyl sites for hydroxylation is 1. The fraction of sp³-hybridized carbons (Fsp3) is 0.222. The van der Waals surface area contributed by atoms with Gasteiger partial charge in [-0.15, -0.1) is 0 Å². The number of nitrogens with one attached hydrogen (secondary N) is 2. The van der Waals surface area contributed by atoms with Gasteiger partial charge in [-0.2, -0.15) is 0 Å². The van der Waals surface area contributed by atoms with Crippen LogP contribution in [0.3, 0.4) is 0 Å². The summed E-state index contributed by atoms with van der Waals surface area (Å²) in [5.41, 5.74) is 2.37. The van der Waals surface area contributed by atoms with E-state index < -0.39 is 35.7 Å². The molecule has 3 rings (SSSR count). The average Bonchev–Trinajstić information content (AvgIpc) is 2.84. The summed E-state index contributed by atoms with van der Waals surface area (Å²) in [6.45, 7) is 0. The van der Waals surface area contributed by atoms with Crippen LogP contribution in [0.5, 0.6) is 0 Å². The van der Waals surface area contributed by atoms with Crippen LogP contribution in [0.25, 0.3) is 0 Å². The highest BCUT2D eigenvalue weighted by atomic mass is 19.1. The van der Waals surface area contributed by atoms with Crippen LogP contribution in [0.4, 0.5) is 4.39 Å². The number of hydrogen-bond acceptors (Lipinski definition) is 3. The van der Waals surface area contributed by atoms with E-state index in [1.165, 1.54) is 24.3 Å². The Morgan fingerprint density at radius 1 is 0.735 bits per heavy atom. The van der Waals surface area contributed by atoms with Gasteiger partial charge in [0, 0.05) is 6.42 Å². The van der Waals surface area contributed by atoms with Crippen LogP contribution in [-0.4, -0.2) is 35.0 Å². The second-order valence-corrected chi connectivity index (χ2v) is 8.04. The van der Waals surface area contributed by atoms with Crippen molar-refractivity contribution in [2.45, 2.75) is 37.8 Å². The number of carboxylic acids is 1. The first-order valence-electron chi connectivity index (χ1n) is 11.1. The SMILES string of the molecule is O=C(Cc1ccc(F)cc1)N[C@@H](CCc1ccccc1)C(=O)N[C@@H](Cc1ccccc1)C(=O)O. The number of carboxylic acid groups (broad SMARTS) is 1. The van der Waals surface area contributed by atoms with Crippen LogP contribution < -0.4 is 10.6 Å². The minimum atomic E-state index is -1.16. The van der Waals surface area contributed by atoms with Crippen molar-refractivity contribution >= 4 is 17.8 Å². The Morgan fingerprint density at radius 2 is 1.32 bits per heavy atom. The van der Waals surface area contributed by atoms with E-state index in [0.29, 0.717) is 18.4 Å². The molecule has 0 fully saturated rings. The summed E-state index contributed by atoms with van der Waals surface area (Å²) in [5, 5.41) is 14.9. The van der Waals surface area contributed by atoms with Gasteiger partial charge in [0.2, 0.25) is 11.8 Å². The molecule has 3 N–H and O–H groups in total. The molecule has 6 nitrogen and oxygen atoms in total. The molecular formula is C27H27FN2O4. The van der Waals surface area contributed by atoms with Crippen molar-refractivity contribution in [3.05, 3.63) is 107 Å². The van der Waals surface area contributed by atoms with Crippen molar-refractivity contribution in [2.24, 2.45) is 0 Å². The van der Waals surface area contributed by atoms with Gasteiger partial charge in [-0.1, -0.05) is 72.8 Å². The third-order valence-corrected chi connectivity index (χ3v) is 5.39. The molecule has 3 aromatic carbocycles. The summed E-state index contributed by atoms with van der Waals surface area (Å²) in [6, 6.07) is 22.0. The monoisotopic (exact) mass is 462 g/mol. The van der Waals surface area contributed by atoms with Crippen molar-refractivity contribution in [1.29, 1.82) is 0 Å². The summed E-state index contributed by atoms with van der Waals surface area (Å²) in [7, 11) is 0. The van der Waals surface area contributed by atoms with Crippen LogP contribution in [0.15, 0.2) is 84.9 Å². The van der Waals surface area contributed by atoms with E-state index in [0.717, 1.165) is 11.1 Å². The van der Waals surface area contributed by atoms with Crippen LogP contribution in [0, 0.1) is 5.82 Å². The van der Waals surface area contributed by atoms with E-state index in [-0.39, 0.29) is 12.8 Å². The maximum Gasteiger partial charge on any atom is 0.326 e. The molecule has 0 heterocycles. The number of halogens is 1. The van der Waals surface area contributed by atoms with Gasteiger partial charge in [-0.05, 0) is 41.7 Å². The third-order valence-electron chi connectivity index (χ3n) is 5.39. The molecule has 0 unspecified atom stereocenters. The summed E-state index contributed by atoms with van der Waals surface area (Å²) >= 11 is 0. The third kappa shape index (κ3) is 7.85. The van der Waals surface area contributed by atoms with Gasteiger partial charge >= 0.3 is 5.97 Å². The average molecular weight is 463 g/mol. The number of carbonyl (C=O) groups excluding carboxylic acids is 2. The molecule has 0 aromatic heterocycles. The van der Waals surface area contributed by atoms with Crippen LogP contribution in [-0.2, 0) is 33.6 Å². The molecule has 0 saturated carbocycles. The van der Waals surface area contributed by atoms with Crippen LogP contribution in [0.1, 0.15) is 23.1 Å². The number of carbonyl (C=O) groups is 3. The number of amides is 2. The largest absolute Gasteiger partial charge is 0.480 e. The standard InChI is InChI=1S/C27H27FN2O4/c28-22-14-11-21(12-15-22)18-25(31)29-23(16-13-19-7-3-1-4-8-19)26(32)30-24(27(33)34)17-20-9-5-2-6-10-20/h1-12,14-15,23-24H,13,16-18H2,(H,29,31)(H,30,32)(H,33,34)/t23-,24-/m0/s1. The van der Waals surface area contributed by atoms with Crippen LogP contribution >= 0.6 is 0 Å². The lowest BCUT2D eigenvalue weighted by Gasteiger charge is -2.22. The van der Waals surface area contributed by atoms with Gasteiger partial charge in [-0.25, -0.2) is 9.18 Å². The Balaban J connectivity index is 1.69. The lowest BCUT2D eigenvalue weighted by Crippen LogP contribution is -2.52. The molecule has 0 aliphatic heterocycles. The molecule has 0 spiro atoms. The molecule has 3 aromatic rings. The lowest BCUT2D eigenvalue weighted by molar-refractivity contribution is -0.142. The molecule has 2 amide bonds. The predicted octanol–water partition coefficient (Wildman–Crippen LogP) is 3.30. The predicted molar refractivity (Wildman–Crippen MR) is 127 cm³/mol. The highest BCUT2D eigenvalue weighted by Crippen LogP contribution is 2.09. The fourth-order valence-corrected chi connectivity index (χ4v) is 3.58. The van der Waals surface area contributed by atoms with E-state index in [1.54, 1.807) is 24.3 Å². The second kappa shape index (κ2) is 12.3. The minimum Gasteiger partial charge on any atom is -0.480 e. The molecule has 0 bridgehead atoms. The first-order chi connectivity index (χ1) is 16.4. The summed E-state index contributed by atoms with van der Waals surface area (Å²) in [6.07, 6.45) is 0.910. The van der Waals surface area contributed by atoms with E-state index >= 15 is 0 Å². The fourth-order valence-electron chi connectivity index (χ4n) is 3.58. The van der Waals surface area contributed by atoms with Crippen LogP contribution in [0.2, 0.25) is 0 Å². The number of rotatable bonds is 11. The number of hydrogen-bond donors (Lipinski definition) is 3. The van der Waals surface area contributed by atoms with Gasteiger partial charge < -0.3 is 15.7 Å². The van der Waals surface area contributed by atoms with E-state index in [9.17, 15) is 23.9 Å². The van der Waals surface area contributed by atoms with Crippen molar-refractivity contribution < 1.29 is 23.9 Å². The molecule has 34 heavy (non-hydrogen) atoms. The Kier molecular flexibility index (Phi) is 8.91. The van der Waals surface area contributed by atoms with E-state index in [2.05, 4.69) is 10.6 Å². The summed E-state index contributed by atoms with van der Waals surface area (Å²) < 4.78 is 13.1. The van der Waals surface area contributed by atoms with E-state index in [1.807, 2.05) is 36.4 Å². The number of benzene rings is 3. The Hall–Kier alpha value is -4.00. The van der Waals surface area contributed by atoms with Gasteiger partial charge in [0.15, 0.2) is 0 Å². The zero-order valence-electron chi connectivity index (χ0n) is 18.6. The van der Waals surface area contributed by atoms with Crippen molar-refractivity contribution in [3.63, 3.8) is 0 Å². The zero-order valence-corrected chi connectivity index (χ0v) is 18.6. The van der Waals surface area contributed by atoms with Crippen molar-refractivity contribution in [1.82, 2.24) is 10.6 Å². The minimum absolute atomic E-state index is 0.0260. The second-order valence-electron chi connectivity index (χ2n) is 8.04. The van der Waals surface area contributed by atoms with Gasteiger partial charge in [0.05, 0.1) is 6.42 Å². The summed E-state index contributed by atoms with van der Waals surface area (Å²) in [4.78, 5) is 37.5. The zero-order chi connectivity index (χ0) is 24.3. The Bertz CT molecular complexity index is 1090. The molecular weight excluding hydrogens is 435 g/mol. The topological polar surface area (TPSA) is 95.5 Å². The molecule has 0 aliphatic carbocycles. The summed E-state index contributed by atoms with van der Waals surface area (Å²) in [5.74, 6) is -2.53. The van der Waals surface area contributed by atoms with Gasteiger partial charge in [0.1, 0.15) is 17.9 Å². The molecule has 176 valence electrons. The van der Waals surface area contributed by atoms with Gasteiger partial charge in [0.25, 0.3) is 0 Å². The highest BCUT2D eigenvalue weighted by Gasteiger charge is 2.26. The van der Waals surface area contributed by atoms with Crippen molar-refractivity contribution in [3.8, 4) is 0 Å².